The number of hydrogen-bond acceptors (Lipinski definition) is 10. The highest BCUT2D eigenvalue weighted by Gasteiger charge is 2.25. The largest absolute Gasteiger partial charge is 0.465 e. The highest BCUT2D eigenvalue weighted by atomic mass is 16.6. The summed E-state index contributed by atoms with van der Waals surface area (Å²) in [5, 5.41) is 9.98. The van der Waals surface area contributed by atoms with Crippen molar-refractivity contribution in [3.8, 4) is 0 Å². The summed E-state index contributed by atoms with van der Waals surface area (Å²) >= 11 is 0. The van der Waals surface area contributed by atoms with Gasteiger partial charge in [0.1, 0.15) is 12.7 Å². The molecule has 0 bridgehead atoms. The maximum absolute atomic E-state index is 13.0. The van der Waals surface area contributed by atoms with E-state index in [2.05, 4.69) is 32.6 Å². The highest BCUT2D eigenvalue weighted by molar-refractivity contribution is 5.73. The zero-order valence-electron chi connectivity index (χ0n) is 40.8. The first kappa shape index (κ1) is 57.8. The van der Waals surface area contributed by atoms with Gasteiger partial charge >= 0.3 is 23.9 Å². The predicted octanol–water partition coefficient (Wildman–Crippen LogP) is 12.8. The molecule has 1 saturated heterocycles. The Morgan fingerprint density at radius 1 is 0.484 bits per heavy atom. The summed E-state index contributed by atoms with van der Waals surface area (Å²) < 4.78 is 22.9. The third-order valence-corrected chi connectivity index (χ3v) is 12.6. The molecule has 0 aromatic rings. The van der Waals surface area contributed by atoms with Crippen LogP contribution in [-0.4, -0.2) is 85.5 Å². The van der Waals surface area contributed by atoms with Crippen LogP contribution in [0, 0.1) is 11.8 Å². The fourth-order valence-corrected chi connectivity index (χ4v) is 8.43. The molecule has 10 nitrogen and oxygen atoms in total. The Morgan fingerprint density at radius 3 is 1.29 bits per heavy atom. The molecular weight excluding hydrogens is 783 g/mol. The lowest BCUT2D eigenvalue weighted by atomic mass is 9.94. The smallest absolute Gasteiger partial charge is 0.308 e. The van der Waals surface area contributed by atoms with Crippen molar-refractivity contribution in [2.75, 3.05) is 39.5 Å². The topological polar surface area (TPSA) is 129 Å². The van der Waals surface area contributed by atoms with Crippen LogP contribution in [0.2, 0.25) is 0 Å². The molecule has 1 rings (SSSR count). The van der Waals surface area contributed by atoms with Crippen molar-refractivity contribution in [3.63, 3.8) is 0 Å². The summed E-state index contributed by atoms with van der Waals surface area (Å²) in [6, 6.07) is 0. The fourth-order valence-electron chi connectivity index (χ4n) is 8.43. The SMILES string of the molecule is CCCCCCCCC(CCCCCC)C(=O)OCCCCCC(=O)OCC(CN1CCC(O)CC1)OC(=O)CCCCCOC(=O)C(CCCCCC)CCCCCCCC. The van der Waals surface area contributed by atoms with Crippen LogP contribution in [0.5, 0.6) is 0 Å². The number of rotatable bonds is 43. The average Bonchev–Trinajstić information content (AvgIpc) is 3.26. The second-order valence-electron chi connectivity index (χ2n) is 18.5. The Hall–Kier alpha value is -2.20. The first-order valence-corrected chi connectivity index (χ1v) is 26.3. The van der Waals surface area contributed by atoms with Crippen LogP contribution >= 0.6 is 0 Å². The van der Waals surface area contributed by atoms with Gasteiger partial charge in [-0.3, -0.25) is 24.1 Å². The standard InChI is InChI=1S/C52H97NO9/c1-5-9-13-17-19-25-33-45(31-23-15-11-7-3)51(57)59-41-29-21-27-35-49(55)61-44-48(43-53-39-37-47(54)38-40-53)62-50(56)36-28-22-30-42-60-52(58)46(32-24-16-12-8-4)34-26-20-18-14-10-6-2/h45-48,54H,5-44H2,1-4H3. The third-order valence-electron chi connectivity index (χ3n) is 12.6. The van der Waals surface area contributed by atoms with Crippen molar-refractivity contribution >= 4 is 23.9 Å². The van der Waals surface area contributed by atoms with Gasteiger partial charge in [-0.2, -0.15) is 0 Å². The van der Waals surface area contributed by atoms with E-state index in [-0.39, 0.29) is 61.3 Å². The van der Waals surface area contributed by atoms with E-state index in [0.29, 0.717) is 71.4 Å². The van der Waals surface area contributed by atoms with Gasteiger partial charge in [-0.15, -0.1) is 0 Å². The molecule has 0 amide bonds. The molecule has 0 aromatic carbocycles. The van der Waals surface area contributed by atoms with Crippen LogP contribution in [0.1, 0.15) is 246 Å². The Bertz CT molecular complexity index is 1080. The summed E-state index contributed by atoms with van der Waals surface area (Å²) in [5.74, 6) is -0.795. The number of unbranched alkanes of at least 4 members (excludes halogenated alkanes) is 20. The number of carbonyl (C=O) groups is 4. The average molecular weight is 880 g/mol. The minimum atomic E-state index is -0.589. The van der Waals surface area contributed by atoms with Gasteiger partial charge in [-0.05, 0) is 77.0 Å². The predicted molar refractivity (Wildman–Crippen MR) is 252 cm³/mol. The van der Waals surface area contributed by atoms with E-state index in [4.69, 9.17) is 18.9 Å². The summed E-state index contributed by atoms with van der Waals surface area (Å²) in [6.45, 7) is 11.5. The molecule has 1 aliphatic rings. The lowest BCUT2D eigenvalue weighted by molar-refractivity contribution is -0.160. The molecule has 0 aromatic heterocycles. The molecule has 364 valence electrons. The van der Waals surface area contributed by atoms with Gasteiger partial charge in [0.15, 0.2) is 0 Å². The van der Waals surface area contributed by atoms with Gasteiger partial charge in [-0.1, -0.05) is 156 Å². The zero-order chi connectivity index (χ0) is 45.3. The number of esters is 4. The number of carbonyl (C=O) groups excluding carboxylic acids is 4. The molecule has 1 heterocycles. The van der Waals surface area contributed by atoms with Gasteiger partial charge in [0.05, 0.1) is 31.2 Å². The van der Waals surface area contributed by atoms with E-state index >= 15 is 0 Å². The Kier molecular flexibility index (Phi) is 38.7. The Morgan fingerprint density at radius 2 is 0.855 bits per heavy atom. The maximum Gasteiger partial charge on any atom is 0.308 e. The number of piperidine rings is 1. The molecule has 1 aliphatic heterocycles. The Labute approximate surface area is 380 Å². The van der Waals surface area contributed by atoms with Crippen LogP contribution in [0.25, 0.3) is 0 Å². The van der Waals surface area contributed by atoms with E-state index in [1.165, 1.54) is 96.3 Å². The highest BCUT2D eigenvalue weighted by Crippen LogP contribution is 2.23. The van der Waals surface area contributed by atoms with Crippen molar-refractivity contribution < 1.29 is 43.2 Å². The van der Waals surface area contributed by atoms with E-state index < -0.39 is 6.10 Å². The van der Waals surface area contributed by atoms with E-state index in [9.17, 15) is 24.3 Å². The van der Waals surface area contributed by atoms with Gasteiger partial charge in [-0.25, -0.2) is 0 Å². The van der Waals surface area contributed by atoms with Gasteiger partial charge in [0, 0.05) is 32.5 Å². The van der Waals surface area contributed by atoms with Crippen LogP contribution in [0.4, 0.5) is 0 Å². The number of nitrogens with zero attached hydrogens (tertiary/aromatic N) is 1. The molecule has 1 N–H and O–H groups in total. The van der Waals surface area contributed by atoms with E-state index in [1.807, 2.05) is 0 Å². The minimum absolute atomic E-state index is 0.00616. The molecule has 0 radical (unpaired) electrons. The van der Waals surface area contributed by atoms with Crippen LogP contribution < -0.4 is 0 Å². The third kappa shape index (κ3) is 33.3. The normalized spacial score (nSPS) is 14.9. The van der Waals surface area contributed by atoms with E-state index in [1.54, 1.807) is 0 Å². The summed E-state index contributed by atoms with van der Waals surface area (Å²) in [7, 11) is 0. The minimum Gasteiger partial charge on any atom is -0.465 e. The van der Waals surface area contributed by atoms with Crippen molar-refractivity contribution in [2.24, 2.45) is 11.8 Å². The molecular formula is C52H97NO9. The first-order valence-electron chi connectivity index (χ1n) is 26.3. The number of aliphatic hydroxyl groups is 1. The lowest BCUT2D eigenvalue weighted by Gasteiger charge is -2.32. The van der Waals surface area contributed by atoms with Gasteiger partial charge < -0.3 is 24.1 Å². The molecule has 0 spiro atoms. The summed E-state index contributed by atoms with van der Waals surface area (Å²) in [6.07, 6.45) is 32.6. The van der Waals surface area contributed by atoms with E-state index in [0.717, 1.165) is 70.6 Å². The number of aliphatic hydroxyl groups excluding tert-OH is 1. The molecule has 10 heteroatoms. The molecule has 3 unspecified atom stereocenters. The van der Waals surface area contributed by atoms with Crippen molar-refractivity contribution in [1.82, 2.24) is 4.90 Å². The molecule has 1 fully saturated rings. The fraction of sp³-hybridized carbons (Fsp3) is 0.923. The molecule has 3 atom stereocenters. The second kappa shape index (κ2) is 41.5. The molecule has 0 saturated carbocycles. The Balaban J connectivity index is 2.44. The lowest BCUT2D eigenvalue weighted by Crippen LogP contribution is -2.43. The molecule has 62 heavy (non-hydrogen) atoms. The van der Waals surface area contributed by atoms with Crippen LogP contribution in [0.15, 0.2) is 0 Å². The second-order valence-corrected chi connectivity index (χ2v) is 18.5. The van der Waals surface area contributed by atoms with Gasteiger partial charge in [0.2, 0.25) is 0 Å². The maximum atomic E-state index is 13.0. The van der Waals surface area contributed by atoms with Gasteiger partial charge in [0.25, 0.3) is 0 Å². The summed E-state index contributed by atoms with van der Waals surface area (Å²) in [4.78, 5) is 53.8. The van der Waals surface area contributed by atoms with Crippen molar-refractivity contribution in [3.05, 3.63) is 0 Å². The number of likely N-dealkylation sites (tertiary alicyclic amines) is 1. The zero-order valence-corrected chi connectivity index (χ0v) is 40.8. The van der Waals surface area contributed by atoms with Crippen molar-refractivity contribution in [2.45, 2.75) is 258 Å². The number of ether oxygens (including phenoxy) is 4. The van der Waals surface area contributed by atoms with Crippen LogP contribution in [0.3, 0.4) is 0 Å². The monoisotopic (exact) mass is 880 g/mol. The number of hydrogen-bond donors (Lipinski definition) is 1. The van der Waals surface area contributed by atoms with Crippen molar-refractivity contribution in [1.29, 1.82) is 0 Å². The van der Waals surface area contributed by atoms with Crippen LogP contribution in [-0.2, 0) is 38.1 Å². The quantitative estimate of drug-likeness (QED) is 0.0359. The molecule has 0 aliphatic carbocycles. The first-order chi connectivity index (χ1) is 30.2. The summed E-state index contributed by atoms with van der Waals surface area (Å²) in [5.41, 5.74) is 0.